The van der Waals surface area contributed by atoms with Crippen LogP contribution < -0.4 is 0 Å². The lowest BCUT2D eigenvalue weighted by atomic mass is 10.2. The molecule has 0 saturated heterocycles. The van der Waals surface area contributed by atoms with Crippen molar-refractivity contribution in [3.8, 4) is 0 Å². The zero-order valence-corrected chi connectivity index (χ0v) is 35.2. The van der Waals surface area contributed by atoms with E-state index in [2.05, 4.69) is 141 Å². The second kappa shape index (κ2) is 19.4. The molecule has 6 aromatic heterocycles. The van der Waals surface area contributed by atoms with Gasteiger partial charge in [0.1, 0.15) is 0 Å². The molecule has 0 radical (unpaired) electrons. The fourth-order valence-corrected chi connectivity index (χ4v) is 6.98. The van der Waals surface area contributed by atoms with E-state index in [1.54, 1.807) is 23.7 Å². The van der Waals surface area contributed by atoms with Gasteiger partial charge in [-0.2, -0.15) is 10.2 Å². The van der Waals surface area contributed by atoms with Crippen molar-refractivity contribution >= 4 is 76.2 Å². The Bertz CT molecular complexity index is 2660. The first kappa shape index (κ1) is 40.8. The monoisotopic (exact) mass is 810 g/mol. The third-order valence-corrected chi connectivity index (χ3v) is 10.2. The maximum absolute atomic E-state index is 4.95. The summed E-state index contributed by atoms with van der Waals surface area (Å²) in [7, 11) is 0. The highest BCUT2D eigenvalue weighted by Gasteiger charge is 1.98. The Balaban J connectivity index is 0.000000109. The molecule has 60 heavy (non-hydrogen) atoms. The van der Waals surface area contributed by atoms with Gasteiger partial charge in [0.2, 0.25) is 0 Å². The summed E-state index contributed by atoms with van der Waals surface area (Å²) in [5, 5.41) is 26.8. The Morgan fingerprint density at radius 2 is 1.00 bits per heavy atom. The van der Waals surface area contributed by atoms with Crippen molar-refractivity contribution in [1.82, 2.24) is 40.7 Å². The van der Waals surface area contributed by atoms with E-state index in [-0.39, 0.29) is 0 Å². The van der Waals surface area contributed by atoms with Gasteiger partial charge in [-0.15, -0.1) is 11.3 Å². The summed E-state index contributed by atoms with van der Waals surface area (Å²) < 4.78 is 11.1. The number of benzene rings is 6. The Morgan fingerprint density at radius 1 is 0.433 bits per heavy atom. The fraction of sp³-hybridized carbons (Fsp3) is 0.122. The molecular weight excluding hydrogens is 765 g/mol. The van der Waals surface area contributed by atoms with E-state index in [9.17, 15) is 0 Å². The van der Waals surface area contributed by atoms with Gasteiger partial charge in [-0.3, -0.25) is 10.2 Å². The molecule has 0 fully saturated rings. The molecule has 0 amide bonds. The van der Waals surface area contributed by atoms with Gasteiger partial charge in [-0.05, 0) is 136 Å². The Labute approximate surface area is 351 Å². The number of thiazole rings is 1. The minimum absolute atomic E-state index is 0.852. The predicted octanol–water partition coefficient (Wildman–Crippen LogP) is 13.1. The highest BCUT2D eigenvalue weighted by molar-refractivity contribution is 7.16. The summed E-state index contributed by atoms with van der Waals surface area (Å²) in [6.45, 7) is 12.4. The van der Waals surface area contributed by atoms with Gasteiger partial charge in [0, 0.05) is 33.3 Å². The molecule has 10 nitrogen and oxygen atoms in total. The van der Waals surface area contributed by atoms with E-state index >= 15 is 0 Å². The average molecular weight is 811 g/mol. The minimum Gasteiger partial charge on any atom is -0.361 e. The molecule has 0 spiro atoms. The molecule has 0 unspecified atom stereocenters. The first-order valence-corrected chi connectivity index (χ1v) is 20.3. The molecule has 6 aromatic carbocycles. The van der Waals surface area contributed by atoms with Crippen molar-refractivity contribution in [3.05, 3.63) is 185 Å². The van der Waals surface area contributed by atoms with Crippen molar-refractivity contribution in [3.63, 3.8) is 0 Å². The summed E-state index contributed by atoms with van der Waals surface area (Å²) in [6, 6.07) is 39.2. The summed E-state index contributed by atoms with van der Waals surface area (Å²) in [4.78, 5) is 7.33. The quantitative estimate of drug-likeness (QED) is 0.139. The fourth-order valence-electron chi connectivity index (χ4n) is 6.21. The Hall–Kier alpha value is -7.37. The predicted molar refractivity (Wildman–Crippen MR) is 247 cm³/mol. The van der Waals surface area contributed by atoms with Crippen LogP contribution in [0.25, 0.3) is 64.9 Å². The van der Waals surface area contributed by atoms with Crippen molar-refractivity contribution in [2.45, 2.75) is 41.5 Å². The number of nitrogens with zero attached hydrogens (tertiary/aromatic N) is 5. The molecule has 3 N–H and O–H groups in total. The van der Waals surface area contributed by atoms with Crippen LogP contribution in [0.3, 0.4) is 0 Å². The van der Waals surface area contributed by atoms with Gasteiger partial charge in [0.15, 0.2) is 11.2 Å². The first-order chi connectivity index (χ1) is 29.2. The Morgan fingerprint density at radius 3 is 1.80 bits per heavy atom. The minimum atomic E-state index is 0.852. The largest absolute Gasteiger partial charge is 0.361 e. The number of hydrogen-bond acceptors (Lipinski definition) is 8. The lowest BCUT2D eigenvalue weighted by molar-refractivity contribution is 0.456. The number of aromatic amines is 3. The molecule has 0 aliphatic rings. The van der Waals surface area contributed by atoms with Gasteiger partial charge in [-0.25, -0.2) is 4.98 Å². The van der Waals surface area contributed by atoms with Crippen molar-refractivity contribution in [2.24, 2.45) is 0 Å². The van der Waals surface area contributed by atoms with Crippen LogP contribution in [0.2, 0.25) is 0 Å². The van der Waals surface area contributed by atoms with Gasteiger partial charge < -0.3 is 14.0 Å². The normalized spacial score (nSPS) is 10.5. The first-order valence-electron chi connectivity index (χ1n) is 19.4. The molecule has 0 saturated carbocycles. The van der Waals surface area contributed by atoms with E-state index in [0.717, 1.165) is 38.5 Å². The van der Waals surface area contributed by atoms with Crippen LogP contribution in [0.1, 0.15) is 33.4 Å². The van der Waals surface area contributed by atoms with Gasteiger partial charge in [0.25, 0.3) is 0 Å². The maximum atomic E-state index is 4.95. The SMILES string of the molecule is Cc1ccc2[nH]ccc2c1.Cc1ccc2[nH]ncc2c1.Cc1ccc2cn[nH]c2c1.Cc1ccc2cnoc2c1.Cc1ccc2ncsc2c1.Cc1ccc2oncc2c1. The summed E-state index contributed by atoms with van der Waals surface area (Å²) in [5.74, 6) is 0. The van der Waals surface area contributed by atoms with Crippen molar-refractivity contribution < 1.29 is 9.05 Å². The van der Waals surface area contributed by atoms with Crippen LogP contribution in [-0.4, -0.2) is 40.7 Å². The molecule has 0 aliphatic carbocycles. The van der Waals surface area contributed by atoms with Crippen LogP contribution in [0, 0.1) is 41.5 Å². The highest BCUT2D eigenvalue weighted by Crippen LogP contribution is 2.19. The van der Waals surface area contributed by atoms with E-state index in [1.165, 1.54) is 59.8 Å². The molecule has 300 valence electrons. The lowest BCUT2D eigenvalue weighted by Gasteiger charge is -1.90. The number of nitrogens with one attached hydrogen (secondary N) is 3. The summed E-state index contributed by atoms with van der Waals surface area (Å²) in [5.41, 5.74) is 15.7. The number of aromatic nitrogens is 8. The smallest absolute Gasteiger partial charge is 0.167 e. The molecule has 6 heterocycles. The van der Waals surface area contributed by atoms with Crippen LogP contribution in [-0.2, 0) is 0 Å². The maximum Gasteiger partial charge on any atom is 0.167 e. The van der Waals surface area contributed by atoms with Crippen LogP contribution >= 0.6 is 11.3 Å². The van der Waals surface area contributed by atoms with Crippen LogP contribution in [0.5, 0.6) is 0 Å². The number of aryl methyl sites for hydroxylation is 6. The second-order valence-corrected chi connectivity index (χ2v) is 15.4. The topological polar surface area (TPSA) is 138 Å². The molecule has 11 heteroatoms. The van der Waals surface area contributed by atoms with Crippen LogP contribution in [0.15, 0.2) is 161 Å². The average Bonchev–Trinajstić information content (AvgIpc) is 4.10. The molecule has 0 atom stereocenters. The van der Waals surface area contributed by atoms with E-state index in [4.69, 9.17) is 9.05 Å². The van der Waals surface area contributed by atoms with E-state index in [1.807, 2.05) is 80.4 Å². The molecule has 12 aromatic rings. The number of hydrogen-bond donors (Lipinski definition) is 3. The standard InChI is InChI=1S/C9H9N.2C8H8N2.2C8H7NO.C8H7NS/c1-7-2-3-9-8(6-7)4-5-10-9;1-6-2-3-8-7(4-6)5-9-10-8;1-6-2-3-7-5-9-10-8(7)4-6;1-6-2-3-8-7(4-6)5-9-10-8;1-6-2-3-7-5-9-10-8(7)4-6;1-6-2-3-7-8(4-6)10-5-9-7/h2-6,10H,1H3;2*2-5H,1H3,(H,9,10);3*2-5H,1H3. The van der Waals surface area contributed by atoms with E-state index < -0.39 is 0 Å². The van der Waals surface area contributed by atoms with Crippen LogP contribution in [0.4, 0.5) is 0 Å². The van der Waals surface area contributed by atoms with Gasteiger partial charge in [0.05, 0.1) is 51.5 Å². The van der Waals surface area contributed by atoms with Gasteiger partial charge >= 0.3 is 0 Å². The highest BCUT2D eigenvalue weighted by atomic mass is 32.1. The zero-order chi connectivity index (χ0) is 41.8. The molecule has 0 aliphatic heterocycles. The third-order valence-electron chi connectivity index (χ3n) is 9.41. The summed E-state index contributed by atoms with van der Waals surface area (Å²) in [6.07, 6.45) is 9.07. The molecular formula is C49H46N8O2S. The second-order valence-electron chi connectivity index (χ2n) is 14.5. The Kier molecular flexibility index (Phi) is 13.2. The summed E-state index contributed by atoms with van der Waals surface area (Å²) >= 11 is 1.69. The van der Waals surface area contributed by atoms with Crippen molar-refractivity contribution in [1.29, 1.82) is 0 Å². The van der Waals surface area contributed by atoms with E-state index in [0.29, 0.717) is 0 Å². The number of H-pyrrole nitrogens is 3. The lowest BCUT2D eigenvalue weighted by Crippen LogP contribution is -1.70. The number of fused-ring (bicyclic) bond motifs is 6. The van der Waals surface area contributed by atoms with Crippen molar-refractivity contribution in [2.75, 3.05) is 0 Å². The molecule has 0 bridgehead atoms. The zero-order valence-electron chi connectivity index (χ0n) is 34.4. The third kappa shape index (κ3) is 11.0. The molecule has 12 rings (SSSR count). The van der Waals surface area contributed by atoms with Gasteiger partial charge in [-0.1, -0.05) is 69.5 Å². The number of rotatable bonds is 0.